The molecule has 0 aromatic carbocycles. The normalized spacial score (nSPS) is 13.4. The highest BCUT2D eigenvalue weighted by atomic mass is 32.2. The summed E-state index contributed by atoms with van der Waals surface area (Å²) < 4.78 is 0. The first kappa shape index (κ1) is 17.6. The van der Waals surface area contributed by atoms with Crippen molar-refractivity contribution in [3.05, 3.63) is 0 Å². The molecule has 0 spiro atoms. The van der Waals surface area contributed by atoms with E-state index in [0.717, 1.165) is 12.2 Å². The van der Waals surface area contributed by atoms with Gasteiger partial charge >= 0.3 is 12.0 Å². The van der Waals surface area contributed by atoms with Gasteiger partial charge in [-0.1, -0.05) is 6.92 Å². The molecule has 8 heteroatoms. The fourth-order valence-corrected chi connectivity index (χ4v) is 2.36. The van der Waals surface area contributed by atoms with Gasteiger partial charge in [0.25, 0.3) is 0 Å². The number of hydrogen-bond donors (Lipinski definition) is 3. The molecule has 3 amide bonds. The topological polar surface area (TPSA) is 113 Å². The highest BCUT2D eigenvalue weighted by Crippen LogP contribution is 2.08. The van der Waals surface area contributed by atoms with Gasteiger partial charge in [-0.25, -0.2) is 9.59 Å². The van der Waals surface area contributed by atoms with Crippen molar-refractivity contribution < 1.29 is 19.5 Å². The molecular formula is C11H21N3O4S. The molecule has 0 aliphatic heterocycles. The lowest BCUT2D eigenvalue weighted by molar-refractivity contribution is -0.140. The highest BCUT2D eigenvalue weighted by Gasteiger charge is 2.25. The fraction of sp³-hybridized carbons (Fsp3) is 0.727. The molecule has 4 N–H and O–H groups in total. The monoisotopic (exact) mass is 291 g/mol. The van der Waals surface area contributed by atoms with Crippen molar-refractivity contribution >= 4 is 29.7 Å². The van der Waals surface area contributed by atoms with Crippen molar-refractivity contribution in [2.24, 2.45) is 5.73 Å². The van der Waals surface area contributed by atoms with E-state index in [1.165, 1.54) is 4.90 Å². The zero-order chi connectivity index (χ0) is 15.0. The Hall–Kier alpha value is -1.44. The molecule has 0 saturated carbocycles. The van der Waals surface area contributed by atoms with E-state index in [1.54, 1.807) is 18.8 Å². The number of nitrogens with one attached hydrogen (secondary N) is 1. The molecule has 110 valence electrons. The van der Waals surface area contributed by atoms with Crippen LogP contribution in [-0.2, 0) is 9.59 Å². The van der Waals surface area contributed by atoms with Crippen LogP contribution in [0.25, 0.3) is 0 Å². The lowest BCUT2D eigenvalue weighted by Crippen LogP contribution is -2.51. The molecule has 2 unspecified atom stereocenters. The average molecular weight is 291 g/mol. The predicted octanol–water partition coefficient (Wildman–Crippen LogP) is 0.0980. The predicted molar refractivity (Wildman–Crippen MR) is 74.0 cm³/mol. The number of hydrogen-bond acceptors (Lipinski definition) is 4. The van der Waals surface area contributed by atoms with Gasteiger partial charge in [-0.3, -0.25) is 4.79 Å². The molecule has 0 aliphatic rings. The Morgan fingerprint density at radius 1 is 1.42 bits per heavy atom. The second-order valence-electron chi connectivity index (χ2n) is 4.14. The quantitative estimate of drug-likeness (QED) is 0.587. The van der Waals surface area contributed by atoms with E-state index >= 15 is 0 Å². The summed E-state index contributed by atoms with van der Waals surface area (Å²) in [7, 11) is 1.60. The van der Waals surface area contributed by atoms with Crippen LogP contribution in [-0.4, -0.2) is 59.1 Å². The Kier molecular flexibility index (Phi) is 7.97. The molecule has 0 aliphatic carbocycles. The van der Waals surface area contributed by atoms with Gasteiger partial charge in [0.1, 0.15) is 6.04 Å². The SMILES string of the molecule is CCC(CSC)N(C)C(=O)NC(CC(N)=O)C(=O)O. The van der Waals surface area contributed by atoms with Crippen LogP contribution in [0.15, 0.2) is 0 Å². The third-order valence-corrected chi connectivity index (χ3v) is 3.42. The molecule has 0 saturated heterocycles. The first-order valence-corrected chi connectivity index (χ1v) is 7.26. The van der Waals surface area contributed by atoms with Gasteiger partial charge in [0.15, 0.2) is 0 Å². The van der Waals surface area contributed by atoms with E-state index < -0.39 is 30.4 Å². The number of aliphatic carboxylic acids is 1. The summed E-state index contributed by atoms with van der Waals surface area (Å²) in [5, 5.41) is 11.2. The number of carbonyl (C=O) groups is 3. The Bertz CT molecular complexity index is 338. The maximum absolute atomic E-state index is 11.9. The molecule has 19 heavy (non-hydrogen) atoms. The lowest BCUT2D eigenvalue weighted by Gasteiger charge is -2.28. The van der Waals surface area contributed by atoms with E-state index in [9.17, 15) is 14.4 Å². The molecule has 7 nitrogen and oxygen atoms in total. The fourth-order valence-electron chi connectivity index (χ4n) is 1.51. The maximum atomic E-state index is 11.9. The minimum Gasteiger partial charge on any atom is -0.480 e. The summed E-state index contributed by atoms with van der Waals surface area (Å²) in [6.45, 7) is 1.95. The van der Waals surface area contributed by atoms with E-state index in [4.69, 9.17) is 10.8 Å². The van der Waals surface area contributed by atoms with Gasteiger partial charge in [0.05, 0.1) is 6.42 Å². The van der Waals surface area contributed by atoms with Gasteiger partial charge in [-0.05, 0) is 12.7 Å². The van der Waals surface area contributed by atoms with Gasteiger partial charge in [-0.15, -0.1) is 0 Å². The number of carboxylic acids is 1. The number of amides is 3. The van der Waals surface area contributed by atoms with Gasteiger partial charge in [0.2, 0.25) is 5.91 Å². The number of carboxylic acid groups (broad SMARTS) is 1. The number of nitrogens with two attached hydrogens (primary N) is 1. The second-order valence-corrected chi connectivity index (χ2v) is 5.05. The van der Waals surface area contributed by atoms with Crippen LogP contribution in [0.1, 0.15) is 19.8 Å². The van der Waals surface area contributed by atoms with Crippen LogP contribution >= 0.6 is 11.8 Å². The van der Waals surface area contributed by atoms with Crippen LogP contribution in [0.2, 0.25) is 0 Å². The zero-order valence-electron chi connectivity index (χ0n) is 11.4. The van der Waals surface area contributed by atoms with Gasteiger partial charge in [0, 0.05) is 18.8 Å². The van der Waals surface area contributed by atoms with Crippen LogP contribution in [0.5, 0.6) is 0 Å². The van der Waals surface area contributed by atoms with Crippen LogP contribution in [0.3, 0.4) is 0 Å². The van der Waals surface area contributed by atoms with Crippen molar-refractivity contribution in [3.63, 3.8) is 0 Å². The molecule has 0 aromatic heterocycles. The van der Waals surface area contributed by atoms with E-state index in [0.29, 0.717) is 0 Å². The highest BCUT2D eigenvalue weighted by molar-refractivity contribution is 7.98. The largest absolute Gasteiger partial charge is 0.480 e. The van der Waals surface area contributed by atoms with Crippen molar-refractivity contribution in [1.29, 1.82) is 0 Å². The molecule has 0 heterocycles. The van der Waals surface area contributed by atoms with Crippen LogP contribution in [0, 0.1) is 0 Å². The average Bonchev–Trinajstić information content (AvgIpc) is 2.33. The smallest absolute Gasteiger partial charge is 0.326 e. The van der Waals surface area contributed by atoms with Gasteiger partial charge in [-0.2, -0.15) is 11.8 Å². The van der Waals surface area contributed by atoms with E-state index in [-0.39, 0.29) is 6.04 Å². The number of urea groups is 1. The molecule has 0 fully saturated rings. The lowest BCUT2D eigenvalue weighted by atomic mass is 10.2. The molecule has 0 rings (SSSR count). The summed E-state index contributed by atoms with van der Waals surface area (Å²) in [4.78, 5) is 35.0. The number of primary amides is 1. The summed E-state index contributed by atoms with van der Waals surface area (Å²) >= 11 is 1.60. The minimum atomic E-state index is -1.29. The molecule has 2 atom stereocenters. The standard InChI is InChI=1S/C11H21N3O4S/c1-4-7(6-19-3)14(2)11(18)13-8(10(16)17)5-9(12)15/h7-8H,4-6H2,1-3H3,(H2,12,15)(H,13,18)(H,16,17). The summed E-state index contributed by atoms with van der Waals surface area (Å²) in [5.41, 5.74) is 4.95. The minimum absolute atomic E-state index is 0.0121. The number of nitrogens with zero attached hydrogens (tertiary/aromatic N) is 1. The number of rotatable bonds is 8. The Balaban J connectivity index is 4.61. The Labute approximate surface area is 116 Å². The zero-order valence-corrected chi connectivity index (χ0v) is 12.2. The first-order chi connectivity index (χ1) is 8.83. The van der Waals surface area contributed by atoms with Crippen molar-refractivity contribution in [2.45, 2.75) is 31.8 Å². The van der Waals surface area contributed by atoms with Crippen molar-refractivity contribution in [1.82, 2.24) is 10.2 Å². The third-order valence-electron chi connectivity index (χ3n) is 2.70. The number of thioether (sulfide) groups is 1. The van der Waals surface area contributed by atoms with Crippen molar-refractivity contribution in [2.75, 3.05) is 19.1 Å². The summed E-state index contributed by atoms with van der Waals surface area (Å²) in [6.07, 6.45) is 2.27. The van der Waals surface area contributed by atoms with E-state index in [1.807, 2.05) is 13.2 Å². The van der Waals surface area contributed by atoms with Gasteiger partial charge < -0.3 is 21.1 Å². The molecule has 0 bridgehead atoms. The second kappa shape index (κ2) is 8.63. The summed E-state index contributed by atoms with van der Waals surface area (Å²) in [6, 6.07) is -1.80. The third kappa shape index (κ3) is 6.32. The van der Waals surface area contributed by atoms with Crippen LogP contribution < -0.4 is 11.1 Å². The summed E-state index contributed by atoms with van der Waals surface area (Å²) in [5.74, 6) is -1.29. The Morgan fingerprint density at radius 2 is 2.00 bits per heavy atom. The Morgan fingerprint density at radius 3 is 2.37 bits per heavy atom. The molecule has 0 aromatic rings. The van der Waals surface area contributed by atoms with E-state index in [2.05, 4.69) is 5.32 Å². The number of carbonyl (C=O) groups excluding carboxylic acids is 2. The first-order valence-electron chi connectivity index (χ1n) is 5.86. The maximum Gasteiger partial charge on any atom is 0.326 e. The molecule has 0 radical (unpaired) electrons. The van der Waals surface area contributed by atoms with Crippen LogP contribution in [0.4, 0.5) is 4.79 Å². The van der Waals surface area contributed by atoms with Crippen molar-refractivity contribution in [3.8, 4) is 0 Å². The molecular weight excluding hydrogens is 270 g/mol.